The van der Waals surface area contributed by atoms with E-state index in [9.17, 15) is 9.59 Å². The molecule has 0 spiro atoms. The zero-order valence-electron chi connectivity index (χ0n) is 18.8. The number of benzene rings is 3. The van der Waals surface area contributed by atoms with Crippen LogP contribution in [0.3, 0.4) is 0 Å². The molecule has 1 atom stereocenters. The zero-order valence-corrected chi connectivity index (χ0v) is 20.3. The Balaban J connectivity index is 1.56. The van der Waals surface area contributed by atoms with E-state index in [1.165, 1.54) is 6.92 Å². The van der Waals surface area contributed by atoms with Gasteiger partial charge in [0.15, 0.2) is 0 Å². The van der Waals surface area contributed by atoms with Crippen LogP contribution in [-0.2, 0) is 17.9 Å². The van der Waals surface area contributed by atoms with E-state index in [0.717, 1.165) is 16.6 Å². The molecule has 0 radical (unpaired) electrons. The molecule has 0 saturated carbocycles. The van der Waals surface area contributed by atoms with Crippen molar-refractivity contribution in [3.63, 3.8) is 0 Å². The number of carbonyl (C=O) groups excluding carboxylic acids is 2. The van der Waals surface area contributed by atoms with Crippen LogP contribution in [0.25, 0.3) is 11.0 Å². The van der Waals surface area contributed by atoms with Crippen molar-refractivity contribution in [1.29, 1.82) is 0 Å². The molecule has 3 aromatic carbocycles. The normalized spacial score (nSPS) is 11.7. The number of carbonyl (C=O) groups is 2. The molecule has 0 fully saturated rings. The predicted molar refractivity (Wildman–Crippen MR) is 137 cm³/mol. The second-order valence-electron chi connectivity index (χ2n) is 7.89. The Morgan fingerprint density at radius 2 is 1.91 bits per heavy atom. The predicted octanol–water partition coefficient (Wildman–Crippen LogP) is 4.66. The van der Waals surface area contributed by atoms with Gasteiger partial charge in [0.2, 0.25) is 5.91 Å². The van der Waals surface area contributed by atoms with E-state index >= 15 is 0 Å². The molecule has 35 heavy (non-hydrogen) atoms. The van der Waals surface area contributed by atoms with Crippen molar-refractivity contribution >= 4 is 51.7 Å². The van der Waals surface area contributed by atoms with Gasteiger partial charge in [0.25, 0.3) is 5.91 Å². The number of nitrogens with zero attached hydrogens (tertiary/aromatic N) is 1. The number of imidazole rings is 1. The Morgan fingerprint density at radius 3 is 2.66 bits per heavy atom. The SMILES string of the molecule is CC(NC(=O)c1ccc(OCc2nc3ccccc3[nH]2)c(NCc2ccc(Cl)cc2Cl)c1)C(N)=O. The number of para-hydroxylation sites is 2. The standard InChI is InChI=1S/C25H23Cl2N5O3/c1-14(24(28)33)30-25(34)15-7-9-22(35-13-23-31-19-4-2-3-5-20(19)32-23)21(10-15)29-12-16-6-8-17(26)11-18(16)27/h2-11,14,29H,12-13H2,1H3,(H2,28,33)(H,30,34)(H,31,32). The van der Waals surface area contributed by atoms with E-state index in [0.29, 0.717) is 39.4 Å². The van der Waals surface area contributed by atoms with Crippen LogP contribution in [-0.4, -0.2) is 27.8 Å². The second-order valence-corrected chi connectivity index (χ2v) is 8.73. The van der Waals surface area contributed by atoms with Gasteiger partial charge in [-0.15, -0.1) is 0 Å². The summed E-state index contributed by atoms with van der Waals surface area (Å²) in [6, 6.07) is 17.0. The number of aromatic amines is 1. The van der Waals surface area contributed by atoms with Crippen molar-refractivity contribution in [2.45, 2.75) is 26.1 Å². The number of nitrogens with two attached hydrogens (primary N) is 1. The number of nitrogens with one attached hydrogen (secondary N) is 3. The summed E-state index contributed by atoms with van der Waals surface area (Å²) in [5.41, 5.74) is 8.73. The van der Waals surface area contributed by atoms with Gasteiger partial charge in [-0.1, -0.05) is 41.4 Å². The van der Waals surface area contributed by atoms with Crippen LogP contribution >= 0.6 is 23.2 Å². The molecular formula is C25H23Cl2N5O3. The summed E-state index contributed by atoms with van der Waals surface area (Å²) in [4.78, 5) is 31.7. The molecule has 0 aliphatic heterocycles. The molecule has 1 aromatic heterocycles. The molecule has 4 aromatic rings. The Hall–Kier alpha value is -3.75. The summed E-state index contributed by atoms with van der Waals surface area (Å²) in [5, 5.41) is 6.89. The quantitative estimate of drug-likeness (QED) is 0.260. The van der Waals surface area contributed by atoms with Crippen molar-refractivity contribution in [2.75, 3.05) is 5.32 Å². The minimum absolute atomic E-state index is 0.190. The van der Waals surface area contributed by atoms with Gasteiger partial charge in [-0.05, 0) is 55.0 Å². The lowest BCUT2D eigenvalue weighted by Crippen LogP contribution is -2.42. The Bertz CT molecular complexity index is 1360. The fraction of sp³-hybridized carbons (Fsp3) is 0.160. The molecule has 0 bridgehead atoms. The third-order valence-electron chi connectivity index (χ3n) is 5.30. The first-order valence-electron chi connectivity index (χ1n) is 10.8. The van der Waals surface area contributed by atoms with E-state index in [1.54, 1.807) is 30.3 Å². The first-order valence-corrected chi connectivity index (χ1v) is 11.5. The average molecular weight is 512 g/mol. The Labute approximate surface area is 211 Å². The summed E-state index contributed by atoms with van der Waals surface area (Å²) in [5.74, 6) is 0.109. The van der Waals surface area contributed by atoms with Gasteiger partial charge < -0.3 is 26.1 Å². The second kappa shape index (κ2) is 10.7. The first-order chi connectivity index (χ1) is 16.8. The van der Waals surface area contributed by atoms with Crippen LogP contribution in [0, 0.1) is 0 Å². The van der Waals surface area contributed by atoms with Gasteiger partial charge in [0.1, 0.15) is 24.2 Å². The number of aromatic nitrogens is 2. The third-order valence-corrected chi connectivity index (χ3v) is 5.89. The van der Waals surface area contributed by atoms with Crippen LogP contribution in [0.2, 0.25) is 10.0 Å². The molecule has 180 valence electrons. The highest BCUT2D eigenvalue weighted by Crippen LogP contribution is 2.29. The van der Waals surface area contributed by atoms with Crippen LogP contribution in [0.5, 0.6) is 5.75 Å². The molecule has 0 aliphatic carbocycles. The molecule has 2 amide bonds. The highest BCUT2D eigenvalue weighted by molar-refractivity contribution is 6.35. The van der Waals surface area contributed by atoms with Gasteiger partial charge in [-0.25, -0.2) is 4.98 Å². The maximum atomic E-state index is 12.6. The third kappa shape index (κ3) is 6.03. The number of ether oxygens (including phenoxy) is 1. The summed E-state index contributed by atoms with van der Waals surface area (Å²) >= 11 is 12.3. The minimum atomic E-state index is -0.809. The molecule has 1 unspecified atom stereocenters. The van der Waals surface area contributed by atoms with Crippen LogP contribution in [0.15, 0.2) is 60.7 Å². The zero-order chi connectivity index (χ0) is 24.9. The number of amides is 2. The molecule has 10 heteroatoms. The van der Waals surface area contributed by atoms with E-state index < -0.39 is 17.9 Å². The molecule has 0 saturated heterocycles. The molecule has 5 N–H and O–H groups in total. The first kappa shape index (κ1) is 24.4. The molecule has 4 rings (SSSR count). The number of hydrogen-bond donors (Lipinski definition) is 4. The number of hydrogen-bond acceptors (Lipinski definition) is 5. The summed E-state index contributed by atoms with van der Waals surface area (Å²) in [6.07, 6.45) is 0. The van der Waals surface area contributed by atoms with Crippen molar-refractivity contribution in [3.8, 4) is 5.75 Å². The number of fused-ring (bicyclic) bond motifs is 1. The van der Waals surface area contributed by atoms with Gasteiger partial charge >= 0.3 is 0 Å². The number of primary amides is 1. The molecule has 0 aliphatic rings. The number of halogens is 2. The van der Waals surface area contributed by atoms with Crippen LogP contribution < -0.4 is 21.1 Å². The maximum Gasteiger partial charge on any atom is 0.251 e. The smallest absolute Gasteiger partial charge is 0.251 e. The van der Waals surface area contributed by atoms with Gasteiger partial charge in [-0.3, -0.25) is 9.59 Å². The molecular weight excluding hydrogens is 489 g/mol. The molecule has 8 nitrogen and oxygen atoms in total. The Kier molecular flexibility index (Phi) is 7.43. The highest BCUT2D eigenvalue weighted by Gasteiger charge is 2.16. The minimum Gasteiger partial charge on any atom is -0.484 e. The van der Waals surface area contributed by atoms with Gasteiger partial charge in [0, 0.05) is 22.2 Å². The lowest BCUT2D eigenvalue weighted by atomic mass is 10.1. The lowest BCUT2D eigenvalue weighted by Gasteiger charge is -2.16. The topological polar surface area (TPSA) is 122 Å². The number of rotatable bonds is 9. The Morgan fingerprint density at radius 1 is 1.11 bits per heavy atom. The van der Waals surface area contributed by atoms with E-state index in [4.69, 9.17) is 33.7 Å². The number of H-pyrrole nitrogens is 1. The van der Waals surface area contributed by atoms with E-state index in [2.05, 4.69) is 20.6 Å². The molecule has 1 heterocycles. The average Bonchev–Trinajstić information content (AvgIpc) is 3.25. The van der Waals surface area contributed by atoms with Crippen molar-refractivity contribution in [3.05, 3.63) is 87.7 Å². The van der Waals surface area contributed by atoms with E-state index in [-0.39, 0.29) is 6.61 Å². The highest BCUT2D eigenvalue weighted by atomic mass is 35.5. The number of anilines is 1. The monoisotopic (exact) mass is 511 g/mol. The fourth-order valence-electron chi connectivity index (χ4n) is 3.36. The van der Waals surface area contributed by atoms with Crippen LogP contribution in [0.4, 0.5) is 5.69 Å². The van der Waals surface area contributed by atoms with Crippen molar-refractivity contribution in [2.24, 2.45) is 5.73 Å². The fourth-order valence-corrected chi connectivity index (χ4v) is 3.84. The summed E-state index contributed by atoms with van der Waals surface area (Å²) in [6.45, 7) is 2.07. The maximum absolute atomic E-state index is 12.6. The largest absolute Gasteiger partial charge is 0.484 e. The summed E-state index contributed by atoms with van der Waals surface area (Å²) < 4.78 is 6.03. The summed E-state index contributed by atoms with van der Waals surface area (Å²) in [7, 11) is 0. The van der Waals surface area contributed by atoms with E-state index in [1.807, 2.05) is 30.3 Å². The lowest BCUT2D eigenvalue weighted by molar-refractivity contribution is -0.119. The van der Waals surface area contributed by atoms with Crippen molar-refractivity contribution in [1.82, 2.24) is 15.3 Å². The van der Waals surface area contributed by atoms with Gasteiger partial charge in [0.05, 0.1) is 16.7 Å². The van der Waals surface area contributed by atoms with Gasteiger partial charge in [-0.2, -0.15) is 0 Å². The van der Waals surface area contributed by atoms with Crippen molar-refractivity contribution < 1.29 is 14.3 Å². The van der Waals surface area contributed by atoms with Crippen LogP contribution in [0.1, 0.15) is 28.7 Å².